The number of aliphatic imine (C=N–C) groups is 1. The summed E-state index contributed by atoms with van der Waals surface area (Å²) in [5.74, 6) is 1.63. The SMILES string of the molecule is CCc1cnc(CNC(=NC)NCCOc2ccccc2)s1. The number of guanidine groups is 1. The molecule has 0 unspecified atom stereocenters. The summed E-state index contributed by atoms with van der Waals surface area (Å²) in [6.07, 6.45) is 2.97. The van der Waals surface area contributed by atoms with Crippen molar-refractivity contribution in [1.29, 1.82) is 0 Å². The number of aryl methyl sites for hydroxylation is 1. The molecule has 0 fully saturated rings. The molecule has 2 rings (SSSR count). The van der Waals surface area contributed by atoms with Crippen molar-refractivity contribution < 1.29 is 4.74 Å². The van der Waals surface area contributed by atoms with Crippen LogP contribution in [-0.4, -0.2) is 31.1 Å². The Kier molecular flexibility index (Phi) is 6.70. The van der Waals surface area contributed by atoms with E-state index in [9.17, 15) is 0 Å². The lowest BCUT2D eigenvalue weighted by atomic mass is 10.3. The van der Waals surface area contributed by atoms with Crippen LogP contribution in [0.4, 0.5) is 0 Å². The predicted octanol–water partition coefficient (Wildman–Crippen LogP) is 2.45. The van der Waals surface area contributed by atoms with E-state index in [1.807, 2.05) is 36.5 Å². The largest absolute Gasteiger partial charge is 0.492 e. The fourth-order valence-corrected chi connectivity index (χ4v) is 2.63. The lowest BCUT2D eigenvalue weighted by Crippen LogP contribution is -2.38. The van der Waals surface area contributed by atoms with Crippen molar-refractivity contribution in [3.05, 3.63) is 46.4 Å². The van der Waals surface area contributed by atoms with Crippen molar-refractivity contribution in [3.63, 3.8) is 0 Å². The van der Waals surface area contributed by atoms with E-state index in [-0.39, 0.29) is 0 Å². The zero-order chi connectivity index (χ0) is 15.6. The lowest BCUT2D eigenvalue weighted by Gasteiger charge is -2.11. The van der Waals surface area contributed by atoms with E-state index in [1.54, 1.807) is 18.4 Å². The van der Waals surface area contributed by atoms with Crippen LogP contribution in [0.15, 0.2) is 41.5 Å². The second-order valence-corrected chi connectivity index (χ2v) is 5.79. The molecule has 0 spiro atoms. The summed E-state index contributed by atoms with van der Waals surface area (Å²) >= 11 is 1.73. The summed E-state index contributed by atoms with van der Waals surface area (Å²) in [6.45, 7) is 4.09. The molecular formula is C16H22N4OS. The molecule has 0 amide bonds. The van der Waals surface area contributed by atoms with E-state index in [0.29, 0.717) is 19.7 Å². The maximum absolute atomic E-state index is 5.63. The number of rotatable bonds is 7. The molecule has 2 N–H and O–H groups in total. The second kappa shape index (κ2) is 9.04. The van der Waals surface area contributed by atoms with Gasteiger partial charge in [0.1, 0.15) is 17.4 Å². The first-order valence-electron chi connectivity index (χ1n) is 7.37. The maximum atomic E-state index is 5.63. The van der Waals surface area contributed by atoms with E-state index in [1.165, 1.54) is 4.88 Å². The number of hydrogen-bond acceptors (Lipinski definition) is 4. The molecule has 0 saturated carbocycles. The molecule has 1 aromatic heterocycles. The van der Waals surface area contributed by atoms with Crippen molar-refractivity contribution in [2.75, 3.05) is 20.2 Å². The van der Waals surface area contributed by atoms with Crippen molar-refractivity contribution in [3.8, 4) is 5.75 Å². The first-order valence-corrected chi connectivity index (χ1v) is 8.19. The van der Waals surface area contributed by atoms with Gasteiger partial charge in [0.2, 0.25) is 0 Å². The van der Waals surface area contributed by atoms with Crippen LogP contribution >= 0.6 is 11.3 Å². The molecule has 1 aromatic carbocycles. The summed E-state index contributed by atoms with van der Waals surface area (Å²) in [6, 6.07) is 9.78. The summed E-state index contributed by atoms with van der Waals surface area (Å²) in [5, 5.41) is 7.54. The van der Waals surface area contributed by atoms with Gasteiger partial charge in [-0.2, -0.15) is 0 Å². The van der Waals surface area contributed by atoms with Gasteiger partial charge >= 0.3 is 0 Å². The number of thiazole rings is 1. The molecule has 22 heavy (non-hydrogen) atoms. The minimum absolute atomic E-state index is 0.585. The normalized spacial score (nSPS) is 11.3. The van der Waals surface area contributed by atoms with E-state index in [2.05, 4.69) is 27.5 Å². The summed E-state index contributed by atoms with van der Waals surface area (Å²) in [5.41, 5.74) is 0. The maximum Gasteiger partial charge on any atom is 0.191 e. The summed E-state index contributed by atoms with van der Waals surface area (Å²) < 4.78 is 5.63. The number of hydrogen-bond donors (Lipinski definition) is 2. The first-order chi connectivity index (χ1) is 10.8. The highest BCUT2D eigenvalue weighted by Gasteiger charge is 2.02. The lowest BCUT2D eigenvalue weighted by molar-refractivity contribution is 0.322. The monoisotopic (exact) mass is 318 g/mol. The minimum atomic E-state index is 0.585. The Morgan fingerprint density at radius 1 is 1.27 bits per heavy atom. The Hall–Kier alpha value is -2.08. The number of ether oxygens (including phenoxy) is 1. The molecule has 2 aromatic rings. The fraction of sp³-hybridized carbons (Fsp3) is 0.375. The van der Waals surface area contributed by atoms with Gasteiger partial charge in [-0.25, -0.2) is 4.98 Å². The topological polar surface area (TPSA) is 58.5 Å². The van der Waals surface area contributed by atoms with Crippen LogP contribution in [0.5, 0.6) is 5.75 Å². The molecule has 118 valence electrons. The molecule has 0 atom stereocenters. The predicted molar refractivity (Wildman–Crippen MR) is 91.6 cm³/mol. The molecule has 6 heteroatoms. The van der Waals surface area contributed by atoms with Gasteiger partial charge in [-0.1, -0.05) is 25.1 Å². The summed E-state index contributed by atoms with van der Waals surface area (Å²) in [7, 11) is 1.76. The van der Waals surface area contributed by atoms with Gasteiger partial charge in [0, 0.05) is 18.1 Å². The van der Waals surface area contributed by atoms with Gasteiger partial charge in [-0.3, -0.25) is 4.99 Å². The Morgan fingerprint density at radius 2 is 2.09 bits per heavy atom. The van der Waals surface area contributed by atoms with E-state index in [0.717, 1.165) is 23.1 Å². The van der Waals surface area contributed by atoms with Crippen LogP contribution in [0.3, 0.4) is 0 Å². The average Bonchev–Trinajstić information content (AvgIpc) is 3.03. The van der Waals surface area contributed by atoms with Crippen molar-refractivity contribution in [2.24, 2.45) is 4.99 Å². The molecule has 0 bridgehead atoms. The third-order valence-electron chi connectivity index (χ3n) is 2.99. The number of para-hydroxylation sites is 1. The molecule has 0 aliphatic carbocycles. The molecule has 0 aliphatic heterocycles. The Balaban J connectivity index is 1.67. The molecular weight excluding hydrogens is 296 g/mol. The molecule has 5 nitrogen and oxygen atoms in total. The van der Waals surface area contributed by atoms with Crippen molar-refractivity contribution in [2.45, 2.75) is 19.9 Å². The van der Waals surface area contributed by atoms with Crippen LogP contribution in [0.2, 0.25) is 0 Å². The number of aromatic nitrogens is 1. The smallest absolute Gasteiger partial charge is 0.191 e. The van der Waals surface area contributed by atoms with Gasteiger partial charge in [-0.15, -0.1) is 11.3 Å². The van der Waals surface area contributed by atoms with Crippen LogP contribution in [0.1, 0.15) is 16.8 Å². The highest BCUT2D eigenvalue weighted by molar-refractivity contribution is 7.11. The number of benzene rings is 1. The van der Waals surface area contributed by atoms with Crippen LogP contribution in [-0.2, 0) is 13.0 Å². The quantitative estimate of drug-likeness (QED) is 0.468. The van der Waals surface area contributed by atoms with Gasteiger partial charge in [0.25, 0.3) is 0 Å². The minimum Gasteiger partial charge on any atom is -0.492 e. The first kappa shape index (κ1) is 16.3. The Labute approximate surface area is 135 Å². The van der Waals surface area contributed by atoms with E-state index < -0.39 is 0 Å². The second-order valence-electron chi connectivity index (χ2n) is 4.59. The zero-order valence-corrected chi connectivity index (χ0v) is 13.8. The van der Waals surface area contributed by atoms with Gasteiger partial charge in [0.15, 0.2) is 5.96 Å². The highest BCUT2D eigenvalue weighted by atomic mass is 32.1. The standard InChI is InChI=1S/C16H22N4OS/c1-3-14-11-19-15(22-14)12-20-16(17-2)18-9-10-21-13-7-5-4-6-8-13/h4-8,11H,3,9-10,12H2,1-2H3,(H2,17,18,20). The van der Waals surface area contributed by atoms with Crippen molar-refractivity contribution in [1.82, 2.24) is 15.6 Å². The van der Waals surface area contributed by atoms with Crippen LogP contribution in [0, 0.1) is 0 Å². The average molecular weight is 318 g/mol. The molecule has 0 radical (unpaired) electrons. The van der Waals surface area contributed by atoms with Crippen LogP contribution < -0.4 is 15.4 Å². The summed E-state index contributed by atoms with van der Waals surface area (Å²) in [4.78, 5) is 9.87. The third-order valence-corrected chi connectivity index (χ3v) is 4.13. The van der Waals surface area contributed by atoms with Gasteiger partial charge in [0.05, 0.1) is 13.1 Å². The number of nitrogens with one attached hydrogen (secondary N) is 2. The zero-order valence-electron chi connectivity index (χ0n) is 13.0. The Morgan fingerprint density at radius 3 is 2.77 bits per heavy atom. The Bertz CT molecular complexity index is 583. The molecule has 0 saturated heterocycles. The van der Waals surface area contributed by atoms with E-state index in [4.69, 9.17) is 4.74 Å². The third kappa shape index (κ3) is 5.37. The number of nitrogens with zero attached hydrogens (tertiary/aromatic N) is 2. The van der Waals surface area contributed by atoms with Crippen LogP contribution in [0.25, 0.3) is 0 Å². The highest BCUT2D eigenvalue weighted by Crippen LogP contribution is 2.12. The van der Waals surface area contributed by atoms with Gasteiger partial charge < -0.3 is 15.4 Å². The molecule has 1 heterocycles. The van der Waals surface area contributed by atoms with Crippen molar-refractivity contribution >= 4 is 17.3 Å². The van der Waals surface area contributed by atoms with Gasteiger partial charge in [-0.05, 0) is 18.6 Å². The fourth-order valence-electron chi connectivity index (χ4n) is 1.83. The molecule has 0 aliphatic rings. The van der Waals surface area contributed by atoms with E-state index >= 15 is 0 Å².